The number of ether oxygens (including phenoxy) is 1. The van der Waals surface area contributed by atoms with Gasteiger partial charge in [0.15, 0.2) is 0 Å². The van der Waals surface area contributed by atoms with Crippen molar-refractivity contribution in [2.24, 2.45) is 5.10 Å². The van der Waals surface area contributed by atoms with Gasteiger partial charge in [0.05, 0.1) is 25.3 Å². The summed E-state index contributed by atoms with van der Waals surface area (Å²) in [4.78, 5) is 12.5. The summed E-state index contributed by atoms with van der Waals surface area (Å²) < 4.78 is 34.0. The minimum atomic E-state index is -3.81. The molecule has 1 heterocycles. The molecule has 180 valence electrons. The Balaban J connectivity index is 1.78. The SMILES string of the molecule is COc1ccc(Cl)cc1N(CC(=O)N/N=C\c1cc(C)n(-c2ccc(Br)cc2)c1C)S(C)(=O)=O. The Morgan fingerprint density at radius 3 is 2.50 bits per heavy atom. The van der Waals surface area contributed by atoms with E-state index < -0.39 is 22.5 Å². The molecule has 3 rings (SSSR count). The first kappa shape index (κ1) is 25.8. The van der Waals surface area contributed by atoms with Crippen LogP contribution in [0.2, 0.25) is 5.02 Å². The third-order valence-corrected chi connectivity index (χ3v) is 6.94. The third-order valence-electron chi connectivity index (χ3n) is 5.05. The predicted octanol–water partition coefficient (Wildman–Crippen LogP) is 4.43. The van der Waals surface area contributed by atoms with Crippen LogP contribution in [0.4, 0.5) is 5.69 Å². The zero-order valence-electron chi connectivity index (χ0n) is 19.0. The number of anilines is 1. The van der Waals surface area contributed by atoms with Crippen molar-refractivity contribution in [2.75, 3.05) is 24.2 Å². The number of carbonyl (C=O) groups is 1. The zero-order valence-corrected chi connectivity index (χ0v) is 22.2. The van der Waals surface area contributed by atoms with E-state index in [9.17, 15) is 13.2 Å². The third kappa shape index (κ3) is 5.99. The molecule has 8 nitrogen and oxygen atoms in total. The summed E-state index contributed by atoms with van der Waals surface area (Å²) in [6.07, 6.45) is 2.53. The van der Waals surface area contributed by atoms with Crippen molar-refractivity contribution in [2.45, 2.75) is 13.8 Å². The molecule has 0 unspecified atom stereocenters. The first-order valence-electron chi connectivity index (χ1n) is 10.1. The van der Waals surface area contributed by atoms with Crippen molar-refractivity contribution in [1.82, 2.24) is 9.99 Å². The van der Waals surface area contributed by atoms with E-state index >= 15 is 0 Å². The van der Waals surface area contributed by atoms with Gasteiger partial charge >= 0.3 is 0 Å². The molecule has 11 heteroatoms. The van der Waals surface area contributed by atoms with Gasteiger partial charge in [-0.2, -0.15) is 5.10 Å². The van der Waals surface area contributed by atoms with Gasteiger partial charge in [-0.25, -0.2) is 13.8 Å². The molecule has 0 aliphatic heterocycles. The number of hydrogen-bond acceptors (Lipinski definition) is 5. The minimum absolute atomic E-state index is 0.162. The lowest BCUT2D eigenvalue weighted by Gasteiger charge is -2.23. The second-order valence-corrected chi connectivity index (χ2v) is 10.8. The highest BCUT2D eigenvalue weighted by molar-refractivity contribution is 9.10. The van der Waals surface area contributed by atoms with Gasteiger partial charge in [-0.15, -0.1) is 0 Å². The van der Waals surface area contributed by atoms with E-state index in [0.29, 0.717) is 5.02 Å². The molecule has 0 spiro atoms. The maximum atomic E-state index is 12.5. The standard InChI is InChI=1S/C23H24BrClN4O4S/c1-15-11-17(16(2)29(15)20-8-5-18(24)6-9-20)13-26-27-23(30)14-28(34(4,31)32)21-12-19(25)7-10-22(21)33-3/h5-13H,14H2,1-4H3,(H,27,30)/b26-13-. The fraction of sp³-hybridized carbons (Fsp3) is 0.217. The predicted molar refractivity (Wildman–Crippen MR) is 139 cm³/mol. The first-order valence-corrected chi connectivity index (χ1v) is 13.1. The number of rotatable bonds is 8. The number of methoxy groups -OCH3 is 1. The molecule has 0 radical (unpaired) electrons. The largest absolute Gasteiger partial charge is 0.495 e. The summed E-state index contributed by atoms with van der Waals surface area (Å²) in [6, 6.07) is 14.4. The molecule has 0 saturated heterocycles. The molecule has 0 bridgehead atoms. The number of nitrogens with one attached hydrogen (secondary N) is 1. The molecule has 1 N–H and O–H groups in total. The van der Waals surface area contributed by atoms with Crippen molar-refractivity contribution in [3.8, 4) is 11.4 Å². The summed E-state index contributed by atoms with van der Waals surface area (Å²) in [6.45, 7) is 3.44. The van der Waals surface area contributed by atoms with Crippen molar-refractivity contribution in [3.63, 3.8) is 0 Å². The summed E-state index contributed by atoms with van der Waals surface area (Å²) in [5.74, 6) is -0.350. The van der Waals surface area contributed by atoms with Crippen molar-refractivity contribution >= 4 is 55.4 Å². The number of sulfonamides is 1. The van der Waals surface area contributed by atoms with Gasteiger partial charge in [0, 0.05) is 32.1 Å². The summed E-state index contributed by atoms with van der Waals surface area (Å²) >= 11 is 9.47. The van der Waals surface area contributed by atoms with E-state index in [1.165, 1.54) is 25.5 Å². The summed E-state index contributed by atoms with van der Waals surface area (Å²) in [7, 11) is -2.40. The van der Waals surface area contributed by atoms with Gasteiger partial charge in [-0.1, -0.05) is 27.5 Å². The van der Waals surface area contributed by atoms with Crippen molar-refractivity contribution in [1.29, 1.82) is 0 Å². The maximum absolute atomic E-state index is 12.5. The van der Waals surface area contributed by atoms with Crippen LogP contribution < -0.4 is 14.5 Å². The van der Waals surface area contributed by atoms with Crippen LogP contribution in [0.15, 0.2) is 58.1 Å². The number of aryl methyl sites for hydroxylation is 1. The van der Waals surface area contributed by atoms with Gasteiger partial charge in [-0.05, 0) is 62.4 Å². The van der Waals surface area contributed by atoms with Crippen LogP contribution in [0.3, 0.4) is 0 Å². The number of nitrogens with zero attached hydrogens (tertiary/aromatic N) is 3. The van der Waals surface area contributed by atoms with E-state index in [0.717, 1.165) is 37.7 Å². The number of amides is 1. The second kappa shape index (κ2) is 10.6. The molecule has 0 saturated carbocycles. The van der Waals surface area contributed by atoms with Crippen LogP contribution in [0.1, 0.15) is 17.0 Å². The number of carbonyl (C=O) groups excluding carboxylic acids is 1. The van der Waals surface area contributed by atoms with Crippen LogP contribution in [0, 0.1) is 13.8 Å². The van der Waals surface area contributed by atoms with Crippen LogP contribution >= 0.6 is 27.5 Å². The van der Waals surface area contributed by atoms with Crippen LogP contribution in [0.5, 0.6) is 5.75 Å². The number of hydrazone groups is 1. The van der Waals surface area contributed by atoms with Gasteiger partial charge < -0.3 is 9.30 Å². The number of halogens is 2. The topological polar surface area (TPSA) is 93.0 Å². The smallest absolute Gasteiger partial charge is 0.260 e. The van der Waals surface area contributed by atoms with E-state index in [1.807, 2.05) is 44.2 Å². The number of aromatic nitrogens is 1. The fourth-order valence-electron chi connectivity index (χ4n) is 3.48. The molecule has 0 atom stereocenters. The molecule has 0 aliphatic carbocycles. The second-order valence-electron chi connectivity index (χ2n) is 7.52. The monoisotopic (exact) mass is 566 g/mol. The van der Waals surface area contributed by atoms with Crippen LogP contribution in [0.25, 0.3) is 5.69 Å². The minimum Gasteiger partial charge on any atom is -0.495 e. The molecular weight excluding hydrogens is 544 g/mol. The maximum Gasteiger partial charge on any atom is 0.260 e. The van der Waals surface area contributed by atoms with Gasteiger partial charge in [0.25, 0.3) is 5.91 Å². The molecule has 0 aliphatic rings. The Morgan fingerprint density at radius 1 is 1.21 bits per heavy atom. The Bertz CT molecular complexity index is 1340. The Labute approximate surface area is 212 Å². The molecule has 34 heavy (non-hydrogen) atoms. The molecule has 1 aromatic heterocycles. The highest BCUT2D eigenvalue weighted by Crippen LogP contribution is 2.32. The first-order chi connectivity index (χ1) is 16.0. The lowest BCUT2D eigenvalue weighted by molar-refractivity contribution is -0.119. The molecule has 2 aromatic carbocycles. The lowest BCUT2D eigenvalue weighted by atomic mass is 10.2. The Morgan fingerprint density at radius 2 is 1.88 bits per heavy atom. The van der Waals surface area contributed by atoms with Crippen molar-refractivity contribution in [3.05, 3.63) is 75.0 Å². The van der Waals surface area contributed by atoms with E-state index in [4.69, 9.17) is 16.3 Å². The highest BCUT2D eigenvalue weighted by atomic mass is 79.9. The average Bonchev–Trinajstić information content (AvgIpc) is 3.05. The molecular formula is C23H24BrClN4O4S. The molecule has 0 fully saturated rings. The quantitative estimate of drug-likeness (QED) is 0.322. The summed E-state index contributed by atoms with van der Waals surface area (Å²) in [5, 5.41) is 4.34. The highest BCUT2D eigenvalue weighted by Gasteiger charge is 2.24. The molecule has 3 aromatic rings. The summed E-state index contributed by atoms with van der Waals surface area (Å²) in [5.41, 5.74) is 6.32. The fourth-order valence-corrected chi connectivity index (χ4v) is 4.77. The van der Waals surface area contributed by atoms with Crippen LogP contribution in [-0.4, -0.2) is 45.0 Å². The normalized spacial score (nSPS) is 11.6. The van der Waals surface area contributed by atoms with Gasteiger partial charge in [0.1, 0.15) is 12.3 Å². The van der Waals surface area contributed by atoms with Gasteiger partial charge in [-0.3, -0.25) is 9.10 Å². The number of benzene rings is 2. The lowest BCUT2D eigenvalue weighted by Crippen LogP contribution is -2.39. The van der Waals surface area contributed by atoms with Crippen LogP contribution in [-0.2, 0) is 14.8 Å². The number of hydrogen-bond donors (Lipinski definition) is 1. The average molecular weight is 568 g/mol. The van der Waals surface area contributed by atoms with Gasteiger partial charge in [0.2, 0.25) is 10.0 Å². The van der Waals surface area contributed by atoms with E-state index in [2.05, 4.69) is 31.0 Å². The van der Waals surface area contributed by atoms with E-state index in [1.54, 1.807) is 6.07 Å². The van der Waals surface area contributed by atoms with E-state index in [-0.39, 0.29) is 11.4 Å². The molecule has 1 amide bonds. The Hall–Kier alpha value is -2.82. The Kier molecular flexibility index (Phi) is 8.06. The van der Waals surface area contributed by atoms with Crippen molar-refractivity contribution < 1.29 is 17.9 Å². The zero-order chi connectivity index (χ0) is 25.0.